The van der Waals surface area contributed by atoms with Gasteiger partial charge in [-0.1, -0.05) is 103 Å². The number of carboxylic acid groups (broad SMARTS) is 2. The normalized spacial score (nSPS) is 10.7. The first kappa shape index (κ1) is 22.4. The van der Waals surface area contributed by atoms with Crippen LogP contribution in [0.3, 0.4) is 0 Å². The summed E-state index contributed by atoms with van der Waals surface area (Å²) in [6, 6.07) is 19.2. The second kappa shape index (κ2) is 9.65. The minimum atomic E-state index is -1.13. The number of rotatable bonds is 8. The van der Waals surface area contributed by atoms with Crippen molar-refractivity contribution in [1.82, 2.24) is 0 Å². The Balaban J connectivity index is 2.46. The highest BCUT2D eigenvalue weighted by Crippen LogP contribution is 2.15. The Labute approximate surface area is 183 Å². The maximum absolute atomic E-state index is 12.1. The zero-order valence-electron chi connectivity index (χ0n) is 18.2. The Morgan fingerprint density at radius 1 is 0.710 bits per heavy atom. The largest absolute Gasteiger partial charge is 0.478 e. The fraction of sp³-hybridized carbons (Fsp3) is 0.231. The lowest BCUT2D eigenvalue weighted by molar-refractivity contribution is 0.0695. The van der Waals surface area contributed by atoms with Crippen molar-refractivity contribution in [3.05, 3.63) is 88.5 Å². The van der Waals surface area contributed by atoms with E-state index in [0.29, 0.717) is 12.0 Å². The summed E-state index contributed by atoms with van der Waals surface area (Å²) >= 11 is 0. The van der Waals surface area contributed by atoms with Crippen molar-refractivity contribution in [2.75, 3.05) is 0 Å². The van der Waals surface area contributed by atoms with Crippen molar-refractivity contribution in [1.29, 1.82) is 0 Å². The third-order valence-corrected chi connectivity index (χ3v) is 5.92. The second-order valence-electron chi connectivity index (χ2n) is 7.59. The predicted octanol–water partition coefficient (Wildman–Crippen LogP) is 3.29. The van der Waals surface area contributed by atoms with Gasteiger partial charge in [-0.25, -0.2) is 9.59 Å². The van der Waals surface area contributed by atoms with Gasteiger partial charge in [0.2, 0.25) is 6.71 Å². The first-order chi connectivity index (χ1) is 14.9. The van der Waals surface area contributed by atoms with Crippen molar-refractivity contribution < 1.29 is 19.8 Å². The third-order valence-electron chi connectivity index (χ3n) is 5.92. The Hall–Kier alpha value is -3.34. The lowest BCUT2D eigenvalue weighted by Gasteiger charge is -2.24. The van der Waals surface area contributed by atoms with Gasteiger partial charge in [-0.15, -0.1) is 0 Å². The van der Waals surface area contributed by atoms with Crippen molar-refractivity contribution >= 4 is 35.0 Å². The number of benzene rings is 3. The minimum Gasteiger partial charge on any atom is -0.478 e. The van der Waals surface area contributed by atoms with E-state index in [9.17, 15) is 19.8 Å². The molecule has 3 rings (SSSR count). The summed E-state index contributed by atoms with van der Waals surface area (Å²) in [6.45, 7) is 5.86. The molecule has 0 heterocycles. The van der Waals surface area contributed by atoms with Crippen LogP contribution in [0.25, 0.3) is 0 Å². The highest BCUT2D eigenvalue weighted by atomic mass is 16.4. The molecule has 0 saturated carbocycles. The van der Waals surface area contributed by atoms with Crippen LogP contribution in [0.4, 0.5) is 0 Å². The average Bonchev–Trinajstić information content (AvgIpc) is 2.79. The van der Waals surface area contributed by atoms with Gasteiger partial charge in [0.25, 0.3) is 0 Å². The van der Waals surface area contributed by atoms with E-state index in [-0.39, 0.29) is 17.8 Å². The number of carboxylic acids is 2. The van der Waals surface area contributed by atoms with Gasteiger partial charge < -0.3 is 10.2 Å². The molecule has 0 atom stereocenters. The molecule has 0 aliphatic carbocycles. The van der Waals surface area contributed by atoms with E-state index >= 15 is 0 Å². The molecule has 0 radical (unpaired) electrons. The van der Waals surface area contributed by atoms with Crippen LogP contribution in [-0.2, 0) is 19.3 Å². The summed E-state index contributed by atoms with van der Waals surface area (Å²) in [6.07, 6.45) is 2.15. The highest BCUT2D eigenvalue weighted by Gasteiger charge is 2.30. The maximum Gasteiger partial charge on any atom is 0.335 e. The van der Waals surface area contributed by atoms with Crippen molar-refractivity contribution in [3.8, 4) is 0 Å². The first-order valence-corrected chi connectivity index (χ1v) is 10.7. The number of hydrogen-bond acceptors (Lipinski definition) is 2. The molecular weight excluding hydrogens is 387 g/mol. The summed E-state index contributed by atoms with van der Waals surface area (Å²) in [7, 11) is 0. The summed E-state index contributed by atoms with van der Waals surface area (Å²) in [5.74, 6) is -2.23. The van der Waals surface area contributed by atoms with Crippen LogP contribution in [0.15, 0.2) is 60.7 Å². The van der Waals surface area contributed by atoms with Gasteiger partial charge in [-0.05, 0) is 30.9 Å². The third kappa shape index (κ3) is 4.41. The van der Waals surface area contributed by atoms with Crippen LogP contribution < -0.4 is 16.4 Å². The van der Waals surface area contributed by atoms with Crippen LogP contribution in [0.2, 0.25) is 0 Å². The molecule has 31 heavy (non-hydrogen) atoms. The van der Waals surface area contributed by atoms with Gasteiger partial charge in [0.1, 0.15) is 0 Å². The van der Waals surface area contributed by atoms with Gasteiger partial charge >= 0.3 is 11.9 Å². The maximum atomic E-state index is 12.1. The van der Waals surface area contributed by atoms with E-state index in [1.54, 1.807) is 6.07 Å². The molecule has 0 aromatic heterocycles. The molecule has 0 bridgehead atoms. The molecule has 0 spiro atoms. The molecule has 5 heteroatoms. The Morgan fingerprint density at radius 2 is 1.23 bits per heavy atom. The van der Waals surface area contributed by atoms with E-state index < -0.39 is 11.9 Å². The molecule has 0 aliphatic rings. The monoisotopic (exact) mass is 414 g/mol. The fourth-order valence-electron chi connectivity index (χ4n) is 4.44. The standard InChI is InChI=1S/C26H27BO4/c1-4-17-11-7-9-13-22(17)27(23-14-10-8-12-18(23)5-2)24-16-19(25(28)29)15-21(26(30)31)20(24)6-3/h7-16H,4-6H2,1-3H3,(H,28,29)(H,30,31). The van der Waals surface area contributed by atoms with E-state index in [1.165, 1.54) is 6.07 Å². The zero-order chi connectivity index (χ0) is 22.5. The van der Waals surface area contributed by atoms with E-state index in [4.69, 9.17) is 0 Å². The summed E-state index contributed by atoms with van der Waals surface area (Å²) in [5, 5.41) is 19.6. The SMILES string of the molecule is CCc1ccccc1B(c1ccccc1CC)c1cc(C(=O)O)cc(C(=O)O)c1CC. The molecule has 0 unspecified atom stereocenters. The number of aryl methyl sites for hydroxylation is 2. The van der Waals surface area contributed by atoms with Crippen LogP contribution in [0.5, 0.6) is 0 Å². The fourth-order valence-corrected chi connectivity index (χ4v) is 4.44. The highest BCUT2D eigenvalue weighted by molar-refractivity contribution is 6.96. The van der Waals surface area contributed by atoms with Crippen LogP contribution in [0.1, 0.15) is 58.2 Å². The van der Waals surface area contributed by atoms with Crippen LogP contribution >= 0.6 is 0 Å². The molecule has 4 nitrogen and oxygen atoms in total. The van der Waals surface area contributed by atoms with Crippen molar-refractivity contribution in [3.63, 3.8) is 0 Å². The molecule has 0 aliphatic heterocycles. The van der Waals surface area contributed by atoms with E-state index in [0.717, 1.165) is 40.4 Å². The topological polar surface area (TPSA) is 74.6 Å². The summed E-state index contributed by atoms with van der Waals surface area (Å²) in [5.41, 5.74) is 5.99. The number of hydrogen-bond donors (Lipinski definition) is 2. The average molecular weight is 414 g/mol. The van der Waals surface area contributed by atoms with Gasteiger partial charge in [0.15, 0.2) is 0 Å². The molecule has 3 aromatic carbocycles. The van der Waals surface area contributed by atoms with E-state index in [1.807, 2.05) is 31.2 Å². The quantitative estimate of drug-likeness (QED) is 0.555. The summed E-state index contributed by atoms with van der Waals surface area (Å²) in [4.78, 5) is 23.9. The number of aromatic carboxylic acids is 2. The smallest absolute Gasteiger partial charge is 0.335 e. The molecular formula is C26H27BO4. The van der Waals surface area contributed by atoms with Gasteiger partial charge in [-0.2, -0.15) is 0 Å². The van der Waals surface area contributed by atoms with Crippen LogP contribution in [0, 0.1) is 0 Å². The summed E-state index contributed by atoms with van der Waals surface area (Å²) < 4.78 is 0. The number of carbonyl (C=O) groups is 2. The molecule has 0 saturated heterocycles. The Bertz CT molecular complexity index is 1070. The Kier molecular flexibility index (Phi) is 6.96. The predicted molar refractivity (Wildman–Crippen MR) is 126 cm³/mol. The van der Waals surface area contributed by atoms with Gasteiger partial charge in [0.05, 0.1) is 11.1 Å². The molecule has 0 fully saturated rings. The molecule has 3 aromatic rings. The van der Waals surface area contributed by atoms with Gasteiger partial charge in [0, 0.05) is 0 Å². The van der Waals surface area contributed by atoms with Crippen molar-refractivity contribution in [2.24, 2.45) is 0 Å². The lowest BCUT2D eigenvalue weighted by Crippen LogP contribution is -2.56. The van der Waals surface area contributed by atoms with Crippen LogP contribution in [-0.4, -0.2) is 28.9 Å². The first-order valence-electron chi connectivity index (χ1n) is 10.7. The Morgan fingerprint density at radius 3 is 1.65 bits per heavy atom. The molecule has 2 N–H and O–H groups in total. The molecule has 158 valence electrons. The van der Waals surface area contributed by atoms with Gasteiger partial charge in [-0.3, -0.25) is 0 Å². The minimum absolute atomic E-state index is 0.00226. The zero-order valence-corrected chi connectivity index (χ0v) is 18.2. The molecule has 0 amide bonds. The van der Waals surface area contributed by atoms with Crippen molar-refractivity contribution in [2.45, 2.75) is 40.0 Å². The lowest BCUT2D eigenvalue weighted by atomic mass is 9.34. The second-order valence-corrected chi connectivity index (χ2v) is 7.59. The van der Waals surface area contributed by atoms with E-state index in [2.05, 4.69) is 38.1 Å².